The number of fused-ring (bicyclic) bond motifs is 1. The predicted octanol–water partition coefficient (Wildman–Crippen LogP) is 3.18. The average molecular weight is 287 g/mol. The summed E-state index contributed by atoms with van der Waals surface area (Å²) in [4.78, 5) is 0. The van der Waals surface area contributed by atoms with Crippen molar-refractivity contribution in [2.45, 2.75) is 39.2 Å². The third-order valence-corrected chi connectivity index (χ3v) is 4.07. The van der Waals surface area contributed by atoms with Crippen LogP contribution in [0.4, 0.5) is 4.39 Å². The third kappa shape index (κ3) is 3.00. The molecular weight excluding hydrogens is 265 g/mol. The van der Waals surface area contributed by atoms with E-state index < -0.39 is 0 Å². The molecular formula is C17H22FN3. The van der Waals surface area contributed by atoms with Crippen LogP contribution in [0.5, 0.6) is 0 Å². The van der Waals surface area contributed by atoms with E-state index in [0.29, 0.717) is 0 Å². The summed E-state index contributed by atoms with van der Waals surface area (Å²) in [5, 5.41) is 8.25. The molecule has 1 aromatic heterocycles. The van der Waals surface area contributed by atoms with Gasteiger partial charge in [0.25, 0.3) is 0 Å². The van der Waals surface area contributed by atoms with E-state index in [2.05, 4.69) is 16.9 Å². The second kappa shape index (κ2) is 6.39. The molecule has 1 aliphatic heterocycles. The van der Waals surface area contributed by atoms with E-state index in [4.69, 9.17) is 5.10 Å². The van der Waals surface area contributed by atoms with Crippen molar-refractivity contribution in [3.63, 3.8) is 0 Å². The lowest BCUT2D eigenvalue weighted by atomic mass is 10.0. The number of hydrogen-bond acceptors (Lipinski definition) is 2. The maximum absolute atomic E-state index is 13.2. The van der Waals surface area contributed by atoms with Crippen molar-refractivity contribution in [1.29, 1.82) is 0 Å². The van der Waals surface area contributed by atoms with E-state index in [1.807, 2.05) is 12.1 Å². The topological polar surface area (TPSA) is 29.9 Å². The summed E-state index contributed by atoms with van der Waals surface area (Å²) in [5.74, 6) is -0.189. The van der Waals surface area contributed by atoms with Gasteiger partial charge in [0.05, 0.1) is 11.4 Å². The molecule has 2 heterocycles. The Morgan fingerprint density at radius 2 is 1.95 bits per heavy atom. The molecule has 0 saturated carbocycles. The third-order valence-electron chi connectivity index (χ3n) is 4.07. The van der Waals surface area contributed by atoms with Gasteiger partial charge in [-0.05, 0) is 43.7 Å². The van der Waals surface area contributed by atoms with Gasteiger partial charge < -0.3 is 5.32 Å². The standard InChI is InChI=1S/C17H22FN3/c1-2-3-12-21-17(13-4-6-14(18)7-5-13)15-8-10-19-11-9-16(15)20-21/h4-7,19H,2-3,8-12H2,1H3. The van der Waals surface area contributed by atoms with Crippen LogP contribution in [-0.2, 0) is 19.4 Å². The minimum atomic E-state index is -0.189. The minimum absolute atomic E-state index is 0.189. The molecule has 0 bridgehead atoms. The van der Waals surface area contributed by atoms with Crippen LogP contribution in [0.3, 0.4) is 0 Å². The summed E-state index contributed by atoms with van der Waals surface area (Å²) < 4.78 is 15.3. The van der Waals surface area contributed by atoms with Crippen molar-refractivity contribution in [2.75, 3.05) is 13.1 Å². The van der Waals surface area contributed by atoms with Gasteiger partial charge in [-0.3, -0.25) is 4.68 Å². The van der Waals surface area contributed by atoms with Crippen molar-refractivity contribution in [3.05, 3.63) is 41.3 Å². The van der Waals surface area contributed by atoms with E-state index in [0.717, 1.165) is 50.9 Å². The second-order valence-electron chi connectivity index (χ2n) is 5.61. The van der Waals surface area contributed by atoms with E-state index in [9.17, 15) is 4.39 Å². The Morgan fingerprint density at radius 3 is 2.71 bits per heavy atom. The van der Waals surface area contributed by atoms with Crippen LogP contribution in [0.15, 0.2) is 24.3 Å². The monoisotopic (exact) mass is 287 g/mol. The molecule has 0 radical (unpaired) electrons. The summed E-state index contributed by atoms with van der Waals surface area (Å²) in [6, 6.07) is 6.81. The molecule has 3 nitrogen and oxygen atoms in total. The molecule has 0 amide bonds. The lowest BCUT2D eigenvalue weighted by Gasteiger charge is -2.10. The first kappa shape index (κ1) is 14.3. The number of hydrogen-bond donors (Lipinski definition) is 1. The quantitative estimate of drug-likeness (QED) is 0.936. The fourth-order valence-corrected chi connectivity index (χ4v) is 2.96. The first-order valence-electron chi connectivity index (χ1n) is 7.85. The van der Waals surface area contributed by atoms with E-state index in [1.54, 1.807) is 0 Å². The molecule has 0 spiro atoms. The molecule has 0 saturated heterocycles. The zero-order valence-corrected chi connectivity index (χ0v) is 12.5. The number of rotatable bonds is 4. The lowest BCUT2D eigenvalue weighted by molar-refractivity contribution is 0.566. The zero-order valence-electron chi connectivity index (χ0n) is 12.5. The molecule has 1 aromatic carbocycles. The molecule has 1 aliphatic rings. The van der Waals surface area contributed by atoms with E-state index >= 15 is 0 Å². The van der Waals surface area contributed by atoms with Gasteiger partial charge in [-0.25, -0.2) is 4.39 Å². The maximum Gasteiger partial charge on any atom is 0.123 e. The summed E-state index contributed by atoms with van der Waals surface area (Å²) >= 11 is 0. The molecule has 3 rings (SSSR count). The lowest BCUT2D eigenvalue weighted by Crippen LogP contribution is -2.17. The van der Waals surface area contributed by atoms with Crippen molar-refractivity contribution in [2.24, 2.45) is 0 Å². The first-order valence-corrected chi connectivity index (χ1v) is 7.85. The molecule has 4 heteroatoms. The van der Waals surface area contributed by atoms with Crippen LogP contribution < -0.4 is 5.32 Å². The van der Waals surface area contributed by atoms with Gasteiger partial charge in [0.2, 0.25) is 0 Å². The van der Waals surface area contributed by atoms with Crippen LogP contribution in [-0.4, -0.2) is 22.9 Å². The van der Waals surface area contributed by atoms with Gasteiger partial charge in [-0.15, -0.1) is 0 Å². The number of unbranched alkanes of at least 4 members (excludes halogenated alkanes) is 1. The zero-order chi connectivity index (χ0) is 14.7. The Kier molecular flexibility index (Phi) is 4.34. The summed E-state index contributed by atoms with van der Waals surface area (Å²) in [5.41, 5.74) is 4.79. The highest BCUT2D eigenvalue weighted by molar-refractivity contribution is 5.65. The van der Waals surface area contributed by atoms with E-state index in [1.165, 1.54) is 29.1 Å². The second-order valence-corrected chi connectivity index (χ2v) is 5.61. The molecule has 112 valence electrons. The number of nitrogens with one attached hydrogen (secondary N) is 1. The number of benzene rings is 1. The van der Waals surface area contributed by atoms with E-state index in [-0.39, 0.29) is 5.82 Å². The van der Waals surface area contributed by atoms with Gasteiger partial charge in [0.1, 0.15) is 5.82 Å². The normalized spacial score (nSPS) is 14.8. The smallest absolute Gasteiger partial charge is 0.123 e. The molecule has 0 atom stereocenters. The van der Waals surface area contributed by atoms with Crippen molar-refractivity contribution < 1.29 is 4.39 Å². The Morgan fingerprint density at radius 1 is 1.19 bits per heavy atom. The highest BCUT2D eigenvalue weighted by Crippen LogP contribution is 2.28. The highest BCUT2D eigenvalue weighted by atomic mass is 19.1. The fraction of sp³-hybridized carbons (Fsp3) is 0.471. The Hall–Kier alpha value is -1.68. The van der Waals surface area contributed by atoms with Crippen molar-refractivity contribution >= 4 is 0 Å². The van der Waals surface area contributed by atoms with Gasteiger partial charge in [0.15, 0.2) is 0 Å². The summed E-state index contributed by atoms with van der Waals surface area (Å²) in [7, 11) is 0. The Balaban J connectivity index is 2.06. The largest absolute Gasteiger partial charge is 0.316 e. The predicted molar refractivity (Wildman–Crippen MR) is 82.8 cm³/mol. The Bertz CT molecular complexity index is 601. The average Bonchev–Trinajstić information content (AvgIpc) is 2.67. The van der Waals surface area contributed by atoms with Crippen molar-refractivity contribution in [3.8, 4) is 11.3 Å². The summed E-state index contributed by atoms with van der Waals surface area (Å²) in [6.07, 6.45) is 4.23. The van der Waals surface area contributed by atoms with Gasteiger partial charge >= 0.3 is 0 Å². The van der Waals surface area contributed by atoms with Crippen LogP contribution in [0, 0.1) is 5.82 Å². The Labute approximate surface area is 125 Å². The first-order chi connectivity index (χ1) is 10.3. The van der Waals surface area contributed by atoms with Gasteiger partial charge in [-0.2, -0.15) is 5.10 Å². The van der Waals surface area contributed by atoms with Crippen LogP contribution in [0.1, 0.15) is 31.0 Å². The highest BCUT2D eigenvalue weighted by Gasteiger charge is 2.20. The fourth-order valence-electron chi connectivity index (χ4n) is 2.96. The van der Waals surface area contributed by atoms with Crippen LogP contribution in [0.25, 0.3) is 11.3 Å². The maximum atomic E-state index is 13.2. The van der Waals surface area contributed by atoms with Gasteiger partial charge in [-0.1, -0.05) is 13.3 Å². The SMILES string of the molecule is CCCCn1nc2c(c1-c1ccc(F)cc1)CCNCC2. The van der Waals surface area contributed by atoms with Crippen LogP contribution >= 0.6 is 0 Å². The molecule has 21 heavy (non-hydrogen) atoms. The number of nitrogens with zero attached hydrogens (tertiary/aromatic N) is 2. The number of aromatic nitrogens is 2. The molecule has 0 aliphatic carbocycles. The molecule has 0 fully saturated rings. The minimum Gasteiger partial charge on any atom is -0.316 e. The van der Waals surface area contributed by atoms with Crippen molar-refractivity contribution in [1.82, 2.24) is 15.1 Å². The number of aryl methyl sites for hydroxylation is 1. The van der Waals surface area contributed by atoms with Gasteiger partial charge in [0, 0.05) is 30.6 Å². The summed E-state index contributed by atoms with van der Waals surface area (Å²) in [6.45, 7) is 5.10. The van der Waals surface area contributed by atoms with Crippen LogP contribution in [0.2, 0.25) is 0 Å². The number of halogens is 1. The molecule has 1 N–H and O–H groups in total. The molecule has 2 aromatic rings. The molecule has 0 unspecified atom stereocenters.